The number of thiocarbonyl (C=S) groups is 1. The molecule has 2 atom stereocenters. The van der Waals surface area contributed by atoms with E-state index < -0.39 is 18.4 Å². The van der Waals surface area contributed by atoms with E-state index in [1.165, 1.54) is 32.1 Å². The molecular weight excluding hydrogens is 288 g/mol. The van der Waals surface area contributed by atoms with E-state index in [0.29, 0.717) is 18.8 Å². The van der Waals surface area contributed by atoms with E-state index in [9.17, 15) is 8.78 Å². The van der Waals surface area contributed by atoms with Crippen LogP contribution in [0.15, 0.2) is 17.1 Å². The molecular formula is C17H25F2NS. The summed E-state index contributed by atoms with van der Waals surface area (Å²) in [6.07, 6.45) is 8.77. The molecule has 0 aromatic rings. The number of isothiocyanates is 1. The van der Waals surface area contributed by atoms with E-state index in [1.807, 2.05) is 6.08 Å². The van der Waals surface area contributed by atoms with Gasteiger partial charge in [0.2, 0.25) is 0 Å². The highest BCUT2D eigenvalue weighted by Gasteiger charge is 2.37. The van der Waals surface area contributed by atoms with Gasteiger partial charge in [0.25, 0.3) is 0 Å². The van der Waals surface area contributed by atoms with Crippen LogP contribution >= 0.6 is 12.2 Å². The van der Waals surface area contributed by atoms with Crippen LogP contribution in [0.3, 0.4) is 0 Å². The largest absolute Gasteiger partial charge is 0.245 e. The predicted octanol–water partition coefficient (Wildman–Crippen LogP) is 5.32. The van der Waals surface area contributed by atoms with Gasteiger partial charge in [0.15, 0.2) is 0 Å². The van der Waals surface area contributed by atoms with E-state index in [2.05, 4.69) is 35.4 Å². The number of aliphatic imine (C=N–C) groups is 1. The van der Waals surface area contributed by atoms with Gasteiger partial charge in [0.1, 0.15) is 18.4 Å². The van der Waals surface area contributed by atoms with Crippen LogP contribution in [-0.4, -0.2) is 23.5 Å². The number of hydrogen-bond acceptors (Lipinski definition) is 2. The van der Waals surface area contributed by atoms with Crippen LogP contribution in [-0.2, 0) is 0 Å². The van der Waals surface area contributed by atoms with Gasteiger partial charge in [0.05, 0.1) is 5.16 Å². The van der Waals surface area contributed by atoms with Crippen molar-refractivity contribution in [2.24, 2.45) is 22.7 Å². The monoisotopic (exact) mass is 313 g/mol. The number of allylic oxidation sites excluding steroid dienone is 2. The summed E-state index contributed by atoms with van der Waals surface area (Å²) in [7, 11) is 0. The van der Waals surface area contributed by atoms with Crippen molar-refractivity contribution in [2.75, 3.05) is 0 Å². The lowest BCUT2D eigenvalue weighted by molar-refractivity contribution is 0.106. The number of nitrogens with zero attached hydrogens (tertiary/aromatic N) is 1. The first-order chi connectivity index (χ1) is 10.1. The zero-order valence-corrected chi connectivity index (χ0v) is 13.5. The van der Waals surface area contributed by atoms with E-state index in [4.69, 9.17) is 0 Å². The third-order valence-electron chi connectivity index (χ3n) is 5.12. The van der Waals surface area contributed by atoms with Crippen LogP contribution in [0.25, 0.3) is 0 Å². The molecule has 2 fully saturated rings. The minimum atomic E-state index is -1.24. The summed E-state index contributed by atoms with van der Waals surface area (Å²) in [6, 6.07) is -0.938. The zero-order valence-electron chi connectivity index (χ0n) is 12.7. The minimum absolute atomic E-state index is 0.00419. The Morgan fingerprint density at radius 2 is 1.62 bits per heavy atom. The van der Waals surface area contributed by atoms with Gasteiger partial charge in [-0.3, -0.25) is 0 Å². The Hall–Kier alpha value is -0.600. The second-order valence-corrected chi connectivity index (χ2v) is 6.73. The Kier molecular flexibility index (Phi) is 6.50. The summed E-state index contributed by atoms with van der Waals surface area (Å²) in [4.78, 5) is 3.64. The quantitative estimate of drug-likeness (QED) is 0.389. The third-order valence-corrected chi connectivity index (χ3v) is 5.23. The third kappa shape index (κ3) is 4.69. The molecule has 0 amide bonds. The van der Waals surface area contributed by atoms with Crippen LogP contribution in [0.5, 0.6) is 0 Å². The molecule has 0 saturated heterocycles. The van der Waals surface area contributed by atoms with Crippen molar-refractivity contribution in [2.45, 2.75) is 70.3 Å². The molecule has 4 heteroatoms. The topological polar surface area (TPSA) is 12.4 Å². The first kappa shape index (κ1) is 16.8. The van der Waals surface area contributed by atoms with Gasteiger partial charge in [-0.2, -0.15) is 0 Å². The zero-order chi connectivity index (χ0) is 15.2. The molecule has 1 nitrogen and oxygen atoms in total. The Bertz CT molecular complexity index is 386. The number of alkyl halides is 2. The lowest BCUT2D eigenvalue weighted by Crippen LogP contribution is -2.38. The summed E-state index contributed by atoms with van der Waals surface area (Å²) in [6.45, 7) is 2.25. The van der Waals surface area contributed by atoms with E-state index in [1.54, 1.807) is 0 Å². The number of rotatable bonds is 4. The fraction of sp³-hybridized carbons (Fsp3) is 0.824. The molecule has 0 aromatic heterocycles. The predicted molar refractivity (Wildman–Crippen MR) is 86.2 cm³/mol. The van der Waals surface area contributed by atoms with Crippen LogP contribution < -0.4 is 0 Å². The maximum atomic E-state index is 13.9. The smallest absolute Gasteiger partial charge is 0.127 e. The van der Waals surface area contributed by atoms with Crippen molar-refractivity contribution in [1.82, 2.24) is 0 Å². The van der Waals surface area contributed by atoms with Crippen molar-refractivity contribution in [3.8, 4) is 0 Å². The molecule has 0 radical (unpaired) electrons. The minimum Gasteiger partial charge on any atom is -0.245 e. The van der Waals surface area contributed by atoms with E-state index >= 15 is 0 Å². The summed E-state index contributed by atoms with van der Waals surface area (Å²) >= 11 is 4.46. The standard InChI is InChI=1S/C17H25F2NS/c1-2-12-3-5-13(6-4-12)7-8-14-9-15(18)17(20-11-21)16(19)10-14/h7-8,12-17H,2-6,9-10H2,1H3/b8-7+. The Morgan fingerprint density at radius 1 is 1.05 bits per heavy atom. The Morgan fingerprint density at radius 3 is 2.14 bits per heavy atom. The lowest BCUT2D eigenvalue weighted by atomic mass is 9.79. The molecule has 2 aliphatic rings. The van der Waals surface area contributed by atoms with E-state index in [0.717, 1.165) is 5.92 Å². The molecule has 2 aliphatic carbocycles. The molecule has 0 bridgehead atoms. The average Bonchev–Trinajstić information content (AvgIpc) is 2.49. The molecule has 0 heterocycles. The maximum absolute atomic E-state index is 13.9. The van der Waals surface area contributed by atoms with Crippen molar-refractivity contribution in [3.05, 3.63) is 12.2 Å². The summed E-state index contributed by atoms with van der Waals surface area (Å²) < 4.78 is 27.9. The highest BCUT2D eigenvalue weighted by atomic mass is 32.1. The van der Waals surface area contributed by atoms with Crippen molar-refractivity contribution >= 4 is 17.4 Å². The number of hydrogen-bond donors (Lipinski definition) is 0. The van der Waals surface area contributed by atoms with Gasteiger partial charge in [-0.1, -0.05) is 25.5 Å². The maximum Gasteiger partial charge on any atom is 0.127 e. The Balaban J connectivity index is 1.84. The van der Waals surface area contributed by atoms with Crippen LogP contribution in [0.2, 0.25) is 0 Å². The van der Waals surface area contributed by atoms with Crippen molar-refractivity contribution in [3.63, 3.8) is 0 Å². The number of halogens is 2. The van der Waals surface area contributed by atoms with Gasteiger partial charge in [-0.05, 0) is 68.5 Å². The van der Waals surface area contributed by atoms with Crippen molar-refractivity contribution < 1.29 is 8.78 Å². The normalized spacial score (nSPS) is 40.9. The fourth-order valence-corrected chi connectivity index (χ4v) is 3.78. The van der Waals surface area contributed by atoms with Gasteiger partial charge in [-0.15, -0.1) is 0 Å². The van der Waals surface area contributed by atoms with Gasteiger partial charge in [-0.25, -0.2) is 13.8 Å². The molecule has 118 valence electrons. The van der Waals surface area contributed by atoms with Gasteiger partial charge < -0.3 is 0 Å². The molecule has 2 rings (SSSR count). The molecule has 2 unspecified atom stereocenters. The van der Waals surface area contributed by atoms with E-state index in [-0.39, 0.29) is 5.92 Å². The average molecular weight is 313 g/mol. The second kappa shape index (κ2) is 8.14. The van der Waals surface area contributed by atoms with Crippen molar-refractivity contribution in [1.29, 1.82) is 0 Å². The van der Waals surface area contributed by atoms with Crippen LogP contribution in [0.1, 0.15) is 51.9 Å². The SMILES string of the molecule is CCC1CCC(/C=C/C2CC(F)C(N=C=S)C(F)C2)CC1. The first-order valence-corrected chi connectivity index (χ1v) is 8.58. The van der Waals surface area contributed by atoms with Gasteiger partial charge in [0, 0.05) is 0 Å². The van der Waals surface area contributed by atoms with Crippen LogP contribution in [0, 0.1) is 17.8 Å². The van der Waals surface area contributed by atoms with Gasteiger partial charge >= 0.3 is 0 Å². The molecule has 0 aliphatic heterocycles. The second-order valence-electron chi connectivity index (χ2n) is 6.55. The summed E-state index contributed by atoms with van der Waals surface area (Å²) in [5.74, 6) is 1.47. The molecule has 2 saturated carbocycles. The Labute approximate surface area is 131 Å². The van der Waals surface area contributed by atoms with Crippen LogP contribution in [0.4, 0.5) is 8.78 Å². The molecule has 0 N–H and O–H groups in total. The molecule has 0 spiro atoms. The highest BCUT2D eigenvalue weighted by molar-refractivity contribution is 7.78. The summed E-state index contributed by atoms with van der Waals surface area (Å²) in [5.41, 5.74) is 0. The summed E-state index contributed by atoms with van der Waals surface area (Å²) in [5, 5.41) is 2.12. The molecule has 21 heavy (non-hydrogen) atoms. The highest BCUT2D eigenvalue weighted by Crippen LogP contribution is 2.34. The lowest BCUT2D eigenvalue weighted by Gasteiger charge is -2.31. The first-order valence-electron chi connectivity index (χ1n) is 8.17. The fourth-order valence-electron chi connectivity index (χ4n) is 3.66. The molecule has 0 aromatic carbocycles.